The van der Waals surface area contributed by atoms with Gasteiger partial charge in [0.2, 0.25) is 5.91 Å². The molecule has 0 saturated carbocycles. The molecule has 2 unspecified atom stereocenters. The van der Waals surface area contributed by atoms with Gasteiger partial charge in [0.05, 0.1) is 46.4 Å². The van der Waals surface area contributed by atoms with Crippen LogP contribution in [0.2, 0.25) is 10.0 Å². The summed E-state index contributed by atoms with van der Waals surface area (Å²) in [6.45, 7) is 1.90. The van der Waals surface area contributed by atoms with Gasteiger partial charge in [-0.3, -0.25) is 23.8 Å². The molecule has 0 aliphatic carbocycles. The Hall–Kier alpha value is -3.49. The standard InChI is InChI=1S/C26H24Cl2N6O2/c1-15-4-3-5-23(34-14-30-20(12-24(34)35)18-11-17(27)6-7-19(18)28)21-10-16(8-9-29-21)25-22(32-26(15)36)13-31-33(25)2/h6-15,23H,3-5H2,1-2H3,(H,32,36). The van der Waals surface area contributed by atoms with Gasteiger partial charge in [-0.25, -0.2) is 4.98 Å². The Balaban J connectivity index is 1.60. The Kier molecular flexibility index (Phi) is 6.64. The van der Waals surface area contributed by atoms with Crippen LogP contribution in [0.1, 0.15) is 37.9 Å². The van der Waals surface area contributed by atoms with E-state index in [-0.39, 0.29) is 23.4 Å². The SMILES string of the molecule is CC1CCCC(n2cnc(-c3cc(Cl)ccc3Cl)cc2=O)c2cc(ccn2)-c2c(cnn2C)NC1=O. The van der Waals surface area contributed by atoms with Gasteiger partial charge in [-0.2, -0.15) is 5.10 Å². The normalized spacial score (nSPS) is 18.1. The van der Waals surface area contributed by atoms with E-state index in [9.17, 15) is 9.59 Å². The van der Waals surface area contributed by atoms with E-state index in [1.54, 1.807) is 39.8 Å². The molecule has 1 amide bonds. The predicted octanol–water partition coefficient (Wildman–Crippen LogP) is 5.36. The van der Waals surface area contributed by atoms with Gasteiger partial charge >= 0.3 is 0 Å². The summed E-state index contributed by atoms with van der Waals surface area (Å²) in [6.07, 6.45) is 6.90. The number of anilines is 1. The highest BCUT2D eigenvalue weighted by atomic mass is 35.5. The lowest BCUT2D eigenvalue weighted by Crippen LogP contribution is -2.27. The van der Waals surface area contributed by atoms with Gasteiger partial charge in [0, 0.05) is 41.4 Å². The van der Waals surface area contributed by atoms with E-state index in [2.05, 4.69) is 20.4 Å². The number of nitrogens with one attached hydrogen (secondary N) is 1. The second-order valence-electron chi connectivity index (χ2n) is 8.98. The maximum absolute atomic E-state index is 13.3. The van der Waals surface area contributed by atoms with Crippen molar-refractivity contribution >= 4 is 34.8 Å². The third kappa shape index (κ3) is 4.66. The van der Waals surface area contributed by atoms with Gasteiger partial charge in [-0.15, -0.1) is 0 Å². The maximum atomic E-state index is 13.3. The van der Waals surface area contributed by atoms with Crippen LogP contribution < -0.4 is 10.9 Å². The molecule has 0 spiro atoms. The Labute approximate surface area is 217 Å². The number of nitrogens with zero attached hydrogens (tertiary/aromatic N) is 5. The maximum Gasteiger partial charge on any atom is 0.254 e. The number of benzene rings is 1. The number of pyridine rings is 1. The minimum atomic E-state index is -0.361. The summed E-state index contributed by atoms with van der Waals surface area (Å²) in [5.74, 6) is -0.260. The van der Waals surface area contributed by atoms with E-state index in [4.69, 9.17) is 23.2 Å². The van der Waals surface area contributed by atoms with Crippen molar-refractivity contribution in [2.45, 2.75) is 32.2 Å². The third-order valence-electron chi connectivity index (χ3n) is 6.53. The minimum Gasteiger partial charge on any atom is -0.323 e. The van der Waals surface area contributed by atoms with Crippen molar-refractivity contribution in [3.8, 4) is 22.5 Å². The zero-order chi connectivity index (χ0) is 25.4. The summed E-state index contributed by atoms with van der Waals surface area (Å²) < 4.78 is 3.31. The topological polar surface area (TPSA) is 94.7 Å². The molecule has 184 valence electrons. The van der Waals surface area contributed by atoms with Crippen molar-refractivity contribution in [3.63, 3.8) is 0 Å². The zero-order valence-electron chi connectivity index (χ0n) is 19.8. The lowest BCUT2D eigenvalue weighted by atomic mass is 9.97. The number of carbonyl (C=O) groups is 1. The van der Waals surface area contributed by atoms with Gasteiger partial charge in [-0.1, -0.05) is 36.5 Å². The van der Waals surface area contributed by atoms with Crippen LogP contribution in [0.5, 0.6) is 0 Å². The van der Waals surface area contributed by atoms with Crippen molar-refractivity contribution < 1.29 is 4.79 Å². The first kappa shape index (κ1) is 24.2. The number of rotatable bonds is 2. The molecule has 0 fully saturated rings. The van der Waals surface area contributed by atoms with Crippen LogP contribution in [0.25, 0.3) is 22.5 Å². The highest BCUT2D eigenvalue weighted by Crippen LogP contribution is 2.33. The monoisotopic (exact) mass is 522 g/mol. The molecule has 4 aromatic rings. The number of aryl methyl sites for hydroxylation is 1. The molecule has 3 aromatic heterocycles. The molecule has 0 saturated heterocycles. The van der Waals surface area contributed by atoms with Crippen molar-refractivity contribution in [1.29, 1.82) is 0 Å². The number of carbonyl (C=O) groups excluding carboxylic acids is 1. The molecule has 1 aliphatic heterocycles. The summed E-state index contributed by atoms with van der Waals surface area (Å²) >= 11 is 12.5. The second kappa shape index (κ2) is 9.87. The number of fused-ring (bicyclic) bond motifs is 4. The molecule has 36 heavy (non-hydrogen) atoms. The molecule has 5 rings (SSSR count). The molecule has 8 nitrogen and oxygen atoms in total. The molecule has 1 aromatic carbocycles. The van der Waals surface area contributed by atoms with Crippen molar-refractivity contribution in [1.82, 2.24) is 24.3 Å². The summed E-state index contributed by atoms with van der Waals surface area (Å²) in [4.78, 5) is 35.3. The smallest absolute Gasteiger partial charge is 0.254 e. The molecule has 2 atom stereocenters. The highest BCUT2D eigenvalue weighted by molar-refractivity contribution is 6.35. The molecule has 10 heteroatoms. The Bertz CT molecular complexity index is 1510. The molecule has 0 radical (unpaired) electrons. The number of hydrogen-bond acceptors (Lipinski definition) is 5. The van der Waals surface area contributed by atoms with Crippen LogP contribution >= 0.6 is 23.2 Å². The first-order valence-electron chi connectivity index (χ1n) is 11.6. The summed E-state index contributed by atoms with van der Waals surface area (Å²) in [5, 5.41) is 8.32. The number of halogens is 2. The number of aromatic nitrogens is 5. The summed E-state index contributed by atoms with van der Waals surface area (Å²) in [6, 6.07) is 9.97. The molecule has 1 aliphatic rings. The van der Waals surface area contributed by atoms with E-state index in [1.165, 1.54) is 12.4 Å². The number of hydrogen-bond donors (Lipinski definition) is 1. The Morgan fingerprint density at radius 2 is 1.89 bits per heavy atom. The van der Waals surface area contributed by atoms with Gasteiger partial charge in [0.15, 0.2) is 0 Å². The van der Waals surface area contributed by atoms with Crippen LogP contribution in [-0.4, -0.2) is 30.2 Å². The first-order chi connectivity index (χ1) is 17.3. The van der Waals surface area contributed by atoms with Gasteiger partial charge in [-0.05, 0) is 43.2 Å². The van der Waals surface area contributed by atoms with Crippen LogP contribution in [-0.2, 0) is 11.8 Å². The zero-order valence-corrected chi connectivity index (χ0v) is 21.3. The van der Waals surface area contributed by atoms with Crippen LogP contribution in [0.15, 0.2) is 59.9 Å². The van der Waals surface area contributed by atoms with E-state index < -0.39 is 0 Å². The average Bonchev–Trinajstić information content (AvgIpc) is 3.22. The molecular weight excluding hydrogens is 499 g/mol. The van der Waals surface area contributed by atoms with Crippen LogP contribution in [0.3, 0.4) is 0 Å². The molecule has 1 N–H and O–H groups in total. The van der Waals surface area contributed by atoms with Gasteiger partial charge < -0.3 is 5.32 Å². The van der Waals surface area contributed by atoms with E-state index in [0.717, 1.165) is 23.4 Å². The minimum absolute atomic E-state index is 0.0581. The quantitative estimate of drug-likeness (QED) is 0.382. The first-order valence-corrected chi connectivity index (χ1v) is 12.4. The Morgan fingerprint density at radius 1 is 1.06 bits per heavy atom. The molecule has 2 bridgehead atoms. The fourth-order valence-electron chi connectivity index (χ4n) is 4.57. The lowest BCUT2D eigenvalue weighted by Gasteiger charge is -2.22. The summed E-state index contributed by atoms with van der Waals surface area (Å²) in [7, 11) is 1.83. The molecule has 4 heterocycles. The fraction of sp³-hybridized carbons (Fsp3) is 0.269. The van der Waals surface area contributed by atoms with E-state index >= 15 is 0 Å². The Morgan fingerprint density at radius 3 is 2.69 bits per heavy atom. The lowest BCUT2D eigenvalue weighted by molar-refractivity contribution is -0.119. The average molecular weight is 523 g/mol. The van der Waals surface area contributed by atoms with Crippen LogP contribution in [0, 0.1) is 5.92 Å². The highest BCUT2D eigenvalue weighted by Gasteiger charge is 2.24. The third-order valence-corrected chi connectivity index (χ3v) is 7.10. The van der Waals surface area contributed by atoms with Gasteiger partial charge in [0.1, 0.15) is 0 Å². The van der Waals surface area contributed by atoms with Crippen molar-refractivity contribution in [3.05, 3.63) is 81.2 Å². The molecular formula is C26H24Cl2N6O2. The van der Waals surface area contributed by atoms with Crippen LogP contribution in [0.4, 0.5) is 5.69 Å². The fourth-order valence-corrected chi connectivity index (χ4v) is 4.95. The largest absolute Gasteiger partial charge is 0.323 e. The predicted molar refractivity (Wildman–Crippen MR) is 140 cm³/mol. The summed E-state index contributed by atoms with van der Waals surface area (Å²) in [5.41, 5.74) is 3.81. The van der Waals surface area contributed by atoms with Crippen molar-refractivity contribution in [2.75, 3.05) is 5.32 Å². The van der Waals surface area contributed by atoms with Crippen molar-refractivity contribution in [2.24, 2.45) is 13.0 Å². The van der Waals surface area contributed by atoms with Gasteiger partial charge in [0.25, 0.3) is 5.56 Å². The second-order valence-corrected chi connectivity index (χ2v) is 9.82. The van der Waals surface area contributed by atoms with E-state index in [0.29, 0.717) is 39.8 Å². The number of amides is 1. The van der Waals surface area contributed by atoms with E-state index in [1.807, 2.05) is 26.1 Å².